The Hall–Kier alpha value is -2.12. The zero-order valence-corrected chi connectivity index (χ0v) is 23.5. The van der Waals surface area contributed by atoms with E-state index in [1.807, 2.05) is 43.0 Å². The lowest BCUT2D eigenvalue weighted by Gasteiger charge is -2.17. The van der Waals surface area contributed by atoms with Crippen molar-refractivity contribution in [1.29, 1.82) is 0 Å². The van der Waals surface area contributed by atoms with E-state index in [4.69, 9.17) is 0 Å². The number of hydrogen-bond acceptors (Lipinski definition) is 5. The Kier molecular flexibility index (Phi) is 8.06. The minimum atomic E-state index is -3.51. The van der Waals surface area contributed by atoms with E-state index < -0.39 is 9.84 Å². The van der Waals surface area contributed by atoms with E-state index in [0.717, 1.165) is 15.4 Å². The second-order valence-corrected chi connectivity index (χ2v) is 15.3. The van der Waals surface area contributed by atoms with Gasteiger partial charge in [0, 0.05) is 29.2 Å². The summed E-state index contributed by atoms with van der Waals surface area (Å²) in [6.45, 7) is 8.61. The molecule has 180 valence electrons. The van der Waals surface area contributed by atoms with Crippen LogP contribution in [0.4, 0.5) is 0 Å². The minimum absolute atomic E-state index is 0.206. The minimum Gasteiger partial charge on any atom is -0.219 e. The smallest absolute Gasteiger partial charge is 0.206 e. The third-order valence-corrected chi connectivity index (χ3v) is 9.95. The maximum Gasteiger partial charge on any atom is 0.206 e. The maximum atomic E-state index is 12.9. The van der Waals surface area contributed by atoms with Crippen molar-refractivity contribution in [2.75, 3.05) is 0 Å². The van der Waals surface area contributed by atoms with Crippen LogP contribution in [0.3, 0.4) is 0 Å². The fraction of sp³-hybridized carbons (Fsp3) is 0.172. The van der Waals surface area contributed by atoms with E-state index in [1.54, 1.807) is 47.8 Å². The zero-order valence-electron chi connectivity index (χ0n) is 20.2. The van der Waals surface area contributed by atoms with Gasteiger partial charge in [0.1, 0.15) is 0 Å². The lowest BCUT2D eigenvalue weighted by Crippen LogP contribution is -2.06. The van der Waals surface area contributed by atoms with Crippen molar-refractivity contribution in [3.8, 4) is 0 Å². The Balaban J connectivity index is 1.38. The van der Waals surface area contributed by atoms with Gasteiger partial charge in [-0.2, -0.15) is 0 Å². The largest absolute Gasteiger partial charge is 0.219 e. The molecule has 0 saturated carbocycles. The lowest BCUT2D eigenvalue weighted by molar-refractivity contribution is 0.596. The number of benzene rings is 4. The summed E-state index contributed by atoms with van der Waals surface area (Å²) in [7, 11) is -3.51. The highest BCUT2D eigenvalue weighted by Gasteiger charge is 2.17. The van der Waals surface area contributed by atoms with Crippen LogP contribution in [0.25, 0.3) is 0 Å². The summed E-state index contributed by atoms with van der Waals surface area (Å²) in [4.78, 5) is 6.43. The predicted molar refractivity (Wildman–Crippen MR) is 150 cm³/mol. The topological polar surface area (TPSA) is 34.1 Å². The molecule has 0 amide bonds. The Morgan fingerprint density at radius 2 is 0.829 bits per heavy atom. The van der Waals surface area contributed by atoms with Crippen molar-refractivity contribution >= 4 is 45.1 Å². The first-order chi connectivity index (χ1) is 16.6. The van der Waals surface area contributed by atoms with Crippen LogP contribution in [-0.2, 0) is 9.84 Å². The molecule has 4 aromatic rings. The monoisotopic (exact) mass is 536 g/mol. The van der Waals surface area contributed by atoms with Gasteiger partial charge < -0.3 is 0 Å². The molecule has 35 heavy (non-hydrogen) atoms. The normalized spacial score (nSPS) is 12.0. The molecule has 4 rings (SSSR count). The Bertz CT molecular complexity index is 1370. The Morgan fingerprint density at radius 3 is 1.20 bits per heavy atom. The van der Waals surface area contributed by atoms with E-state index in [1.165, 1.54) is 14.7 Å². The first kappa shape index (κ1) is 26.0. The van der Waals surface area contributed by atoms with Crippen LogP contribution in [0.2, 0.25) is 0 Å². The van der Waals surface area contributed by atoms with Gasteiger partial charge in [-0.15, -0.1) is 11.8 Å². The summed E-state index contributed by atoms with van der Waals surface area (Å²) >= 11 is 5.24. The highest BCUT2D eigenvalue weighted by molar-refractivity contribution is 8.00. The summed E-state index contributed by atoms with van der Waals surface area (Å²) in [5, 5.41) is 0. The zero-order chi connectivity index (χ0) is 25.1. The van der Waals surface area contributed by atoms with Crippen molar-refractivity contribution in [2.24, 2.45) is 0 Å². The molecule has 0 bridgehead atoms. The van der Waals surface area contributed by atoms with Crippen LogP contribution >= 0.6 is 35.3 Å². The molecule has 0 aromatic heterocycles. The van der Waals surface area contributed by atoms with Crippen LogP contribution < -0.4 is 0 Å². The number of rotatable bonds is 7. The second-order valence-electron chi connectivity index (χ2n) is 9.15. The number of thioether (sulfide) groups is 1. The standard InChI is InChI=1S/C29H28O2S4/c1-21-5-17-27(18-6-21)35(30,31)28-19-15-25(16-20-28)33-23-9-7-22(8-10-23)32-24-11-13-26(14-12-24)34-29(2,3)4/h5-20H,1-4H3. The third kappa shape index (κ3) is 7.20. The summed E-state index contributed by atoms with van der Waals surface area (Å²) in [6.07, 6.45) is 0. The quantitative estimate of drug-likeness (QED) is 0.220. The first-order valence-corrected chi connectivity index (χ1v) is 15.2. The Morgan fingerprint density at radius 1 is 0.514 bits per heavy atom. The number of aryl methyl sites for hydroxylation is 1. The third-order valence-electron chi connectivity index (χ3n) is 5.01. The molecule has 0 unspecified atom stereocenters. The van der Waals surface area contributed by atoms with Crippen molar-refractivity contribution in [1.82, 2.24) is 0 Å². The average Bonchev–Trinajstić information content (AvgIpc) is 2.81. The molecule has 0 aliphatic heterocycles. The first-order valence-electron chi connectivity index (χ1n) is 11.3. The Labute approximate surface area is 221 Å². The molecule has 0 spiro atoms. The van der Waals surface area contributed by atoms with E-state index in [9.17, 15) is 8.42 Å². The molecule has 4 aromatic carbocycles. The van der Waals surface area contributed by atoms with Gasteiger partial charge in [0.2, 0.25) is 9.84 Å². The van der Waals surface area contributed by atoms with Crippen molar-refractivity contribution in [3.63, 3.8) is 0 Å². The highest BCUT2D eigenvalue weighted by atomic mass is 32.2. The van der Waals surface area contributed by atoms with E-state index in [2.05, 4.69) is 69.3 Å². The van der Waals surface area contributed by atoms with Crippen LogP contribution in [0, 0.1) is 6.92 Å². The molecule has 0 atom stereocenters. The van der Waals surface area contributed by atoms with Gasteiger partial charge in [0.05, 0.1) is 9.79 Å². The summed E-state index contributed by atoms with van der Waals surface area (Å²) in [5.74, 6) is 0. The lowest BCUT2D eigenvalue weighted by atomic mass is 10.2. The molecule has 0 radical (unpaired) electrons. The maximum absolute atomic E-state index is 12.9. The van der Waals surface area contributed by atoms with Crippen LogP contribution in [0.1, 0.15) is 26.3 Å². The van der Waals surface area contributed by atoms with Gasteiger partial charge in [0.25, 0.3) is 0 Å². The molecule has 0 fully saturated rings. The van der Waals surface area contributed by atoms with Gasteiger partial charge >= 0.3 is 0 Å². The molecule has 0 saturated heterocycles. The van der Waals surface area contributed by atoms with E-state index >= 15 is 0 Å². The van der Waals surface area contributed by atoms with Gasteiger partial charge in [0.15, 0.2) is 0 Å². The van der Waals surface area contributed by atoms with Crippen LogP contribution in [-0.4, -0.2) is 13.2 Å². The fourth-order valence-corrected chi connectivity index (χ4v) is 7.19. The van der Waals surface area contributed by atoms with Crippen LogP contribution in [0.15, 0.2) is 131 Å². The van der Waals surface area contributed by atoms with Crippen molar-refractivity contribution in [2.45, 2.75) is 66.7 Å². The second kappa shape index (κ2) is 10.9. The highest BCUT2D eigenvalue weighted by Crippen LogP contribution is 2.36. The SMILES string of the molecule is Cc1ccc(S(=O)(=O)c2ccc(Sc3ccc(Sc4ccc(SC(C)(C)C)cc4)cc3)cc2)cc1. The van der Waals surface area contributed by atoms with E-state index in [-0.39, 0.29) is 4.75 Å². The summed E-state index contributed by atoms with van der Waals surface area (Å²) in [5.41, 5.74) is 1.04. The molecule has 2 nitrogen and oxygen atoms in total. The molecule has 0 N–H and O–H groups in total. The van der Waals surface area contributed by atoms with Gasteiger partial charge in [-0.05, 0) is 91.9 Å². The molecular formula is C29H28O2S4. The molecular weight excluding hydrogens is 509 g/mol. The number of hydrogen-bond donors (Lipinski definition) is 0. The molecule has 0 aliphatic carbocycles. The molecule has 6 heteroatoms. The number of sulfone groups is 1. The summed E-state index contributed by atoms with van der Waals surface area (Å²) in [6, 6.07) is 31.2. The van der Waals surface area contributed by atoms with E-state index in [0.29, 0.717) is 9.79 Å². The van der Waals surface area contributed by atoms with Crippen molar-refractivity contribution < 1.29 is 8.42 Å². The van der Waals surface area contributed by atoms with Crippen molar-refractivity contribution in [3.05, 3.63) is 103 Å². The average molecular weight is 537 g/mol. The predicted octanol–water partition coefficient (Wildman–Crippen LogP) is 9.02. The summed E-state index contributed by atoms with van der Waals surface area (Å²) < 4.78 is 25.9. The fourth-order valence-electron chi connectivity index (χ4n) is 3.32. The van der Waals surface area contributed by atoms with Gasteiger partial charge in [-0.1, -0.05) is 62.0 Å². The molecule has 0 aliphatic rings. The van der Waals surface area contributed by atoms with Crippen LogP contribution in [0.5, 0.6) is 0 Å². The van der Waals surface area contributed by atoms with Gasteiger partial charge in [-0.3, -0.25) is 0 Å². The van der Waals surface area contributed by atoms with Gasteiger partial charge in [-0.25, -0.2) is 8.42 Å². The molecule has 0 heterocycles.